The van der Waals surface area contributed by atoms with Crippen LogP contribution < -0.4 is 10.1 Å². The lowest BCUT2D eigenvalue weighted by molar-refractivity contribution is 0.277. The highest BCUT2D eigenvalue weighted by atomic mass is 19.1. The van der Waals surface area contributed by atoms with E-state index < -0.39 is 0 Å². The summed E-state index contributed by atoms with van der Waals surface area (Å²) in [6, 6.07) is 4.75. The molecule has 0 fully saturated rings. The fraction of sp³-hybridized carbons (Fsp3) is 0.467. The summed E-state index contributed by atoms with van der Waals surface area (Å²) < 4.78 is 21.0. The first-order valence-electron chi connectivity index (χ1n) is 7.00. The third-order valence-corrected chi connectivity index (χ3v) is 3.36. The molecule has 1 aromatic carbocycles. The van der Waals surface area contributed by atoms with Gasteiger partial charge in [-0.1, -0.05) is 0 Å². The van der Waals surface area contributed by atoms with Crippen LogP contribution in [0.1, 0.15) is 44.2 Å². The van der Waals surface area contributed by atoms with E-state index in [1.807, 2.05) is 32.5 Å². The van der Waals surface area contributed by atoms with Crippen molar-refractivity contribution in [1.29, 1.82) is 0 Å². The first kappa shape index (κ1) is 15.4. The molecule has 0 aliphatic rings. The summed E-state index contributed by atoms with van der Waals surface area (Å²) in [5.41, 5.74) is 0.785. The molecule has 21 heavy (non-hydrogen) atoms. The summed E-state index contributed by atoms with van der Waals surface area (Å²) in [5.74, 6) is 1.12. The molecule has 0 radical (unpaired) electrons. The smallest absolute Gasteiger partial charge is 0.165 e. The van der Waals surface area contributed by atoms with Gasteiger partial charge in [-0.25, -0.2) is 14.1 Å². The Hall–Kier alpha value is -1.95. The molecule has 114 valence electrons. The van der Waals surface area contributed by atoms with Crippen molar-refractivity contribution in [2.45, 2.75) is 39.5 Å². The summed E-state index contributed by atoms with van der Waals surface area (Å²) in [6.45, 7) is 6.32. The molecule has 5 nitrogen and oxygen atoms in total. The van der Waals surface area contributed by atoms with Crippen LogP contribution in [0.4, 0.5) is 4.39 Å². The topological polar surface area (TPSA) is 52.0 Å². The lowest BCUT2D eigenvalue weighted by atomic mass is 10.1. The molecule has 0 aliphatic heterocycles. The minimum absolute atomic E-state index is 0.00123. The molecular formula is C15H21FN4O. The Balaban J connectivity index is 2.18. The standard InChI is InChI=1S/C15H21FN4O/c1-10(2)20-15(18-9-19-20)8-21-14-6-5-12(16)7-13(14)11(3)17-4/h5-7,9-11,17H,8H2,1-4H3. The van der Waals surface area contributed by atoms with Crippen LogP contribution in [0.3, 0.4) is 0 Å². The Morgan fingerprint density at radius 3 is 2.76 bits per heavy atom. The Morgan fingerprint density at radius 2 is 2.10 bits per heavy atom. The van der Waals surface area contributed by atoms with Crippen LogP contribution in [0, 0.1) is 5.82 Å². The Kier molecular flexibility index (Phi) is 4.90. The molecule has 6 heteroatoms. The zero-order valence-corrected chi connectivity index (χ0v) is 12.8. The van der Waals surface area contributed by atoms with Gasteiger partial charge in [0.05, 0.1) is 0 Å². The Labute approximate surface area is 124 Å². The second kappa shape index (κ2) is 6.67. The monoisotopic (exact) mass is 292 g/mol. The number of hydrogen-bond acceptors (Lipinski definition) is 4. The number of nitrogens with one attached hydrogen (secondary N) is 1. The second-order valence-electron chi connectivity index (χ2n) is 5.20. The van der Waals surface area contributed by atoms with E-state index in [0.29, 0.717) is 12.4 Å². The van der Waals surface area contributed by atoms with Gasteiger partial charge in [-0.15, -0.1) is 0 Å². The molecule has 1 unspecified atom stereocenters. The van der Waals surface area contributed by atoms with Crippen molar-refractivity contribution in [3.8, 4) is 5.75 Å². The van der Waals surface area contributed by atoms with Gasteiger partial charge < -0.3 is 10.1 Å². The van der Waals surface area contributed by atoms with Gasteiger partial charge in [-0.05, 0) is 46.0 Å². The molecule has 1 atom stereocenters. The third kappa shape index (κ3) is 3.58. The molecule has 0 saturated heterocycles. The van der Waals surface area contributed by atoms with Crippen LogP contribution in [-0.4, -0.2) is 21.8 Å². The van der Waals surface area contributed by atoms with Crippen LogP contribution in [0.15, 0.2) is 24.5 Å². The van der Waals surface area contributed by atoms with E-state index in [4.69, 9.17) is 4.74 Å². The average Bonchev–Trinajstić information content (AvgIpc) is 2.93. The number of nitrogens with zero attached hydrogens (tertiary/aromatic N) is 3. The number of rotatable bonds is 6. The number of aromatic nitrogens is 3. The highest BCUT2D eigenvalue weighted by Gasteiger charge is 2.13. The van der Waals surface area contributed by atoms with E-state index in [1.54, 1.807) is 6.07 Å². The van der Waals surface area contributed by atoms with E-state index in [1.165, 1.54) is 18.5 Å². The fourth-order valence-corrected chi connectivity index (χ4v) is 2.10. The summed E-state index contributed by atoms with van der Waals surface area (Å²) in [4.78, 5) is 4.20. The van der Waals surface area contributed by atoms with Gasteiger partial charge in [0.15, 0.2) is 5.82 Å². The highest BCUT2D eigenvalue weighted by Crippen LogP contribution is 2.26. The number of hydrogen-bond donors (Lipinski definition) is 1. The normalized spacial score (nSPS) is 12.7. The van der Waals surface area contributed by atoms with Gasteiger partial charge in [-0.2, -0.15) is 5.10 Å². The molecule has 0 bridgehead atoms. The van der Waals surface area contributed by atoms with E-state index in [-0.39, 0.29) is 17.9 Å². The Bertz CT molecular complexity index is 597. The first-order valence-corrected chi connectivity index (χ1v) is 7.00. The van der Waals surface area contributed by atoms with Crippen LogP contribution >= 0.6 is 0 Å². The first-order chi connectivity index (χ1) is 10.0. The molecule has 0 amide bonds. The van der Waals surface area contributed by atoms with E-state index in [2.05, 4.69) is 15.4 Å². The van der Waals surface area contributed by atoms with Gasteiger partial charge in [0.25, 0.3) is 0 Å². The third-order valence-electron chi connectivity index (χ3n) is 3.36. The molecule has 1 heterocycles. The van der Waals surface area contributed by atoms with Crippen LogP contribution in [0.5, 0.6) is 5.75 Å². The maximum atomic E-state index is 13.4. The lowest BCUT2D eigenvalue weighted by Gasteiger charge is -2.17. The van der Waals surface area contributed by atoms with Crippen LogP contribution in [0.25, 0.3) is 0 Å². The second-order valence-corrected chi connectivity index (χ2v) is 5.20. The van der Waals surface area contributed by atoms with Gasteiger partial charge in [0.2, 0.25) is 0 Å². The minimum atomic E-state index is -0.273. The largest absolute Gasteiger partial charge is 0.485 e. The SMILES string of the molecule is CNC(C)c1cc(F)ccc1OCc1ncnn1C(C)C. The predicted molar refractivity (Wildman–Crippen MR) is 78.6 cm³/mol. The number of ether oxygens (including phenoxy) is 1. The van der Waals surface area contributed by atoms with E-state index >= 15 is 0 Å². The van der Waals surface area contributed by atoms with Crippen LogP contribution in [-0.2, 0) is 6.61 Å². The maximum absolute atomic E-state index is 13.4. The van der Waals surface area contributed by atoms with E-state index in [9.17, 15) is 4.39 Å². The average molecular weight is 292 g/mol. The van der Waals surface area contributed by atoms with Crippen molar-refractivity contribution in [2.24, 2.45) is 0 Å². The summed E-state index contributed by atoms with van der Waals surface area (Å²) in [5, 5.41) is 7.26. The van der Waals surface area contributed by atoms with Gasteiger partial charge in [0.1, 0.15) is 24.5 Å². The van der Waals surface area contributed by atoms with Crippen molar-refractivity contribution in [3.63, 3.8) is 0 Å². The molecule has 0 saturated carbocycles. The quantitative estimate of drug-likeness (QED) is 0.889. The zero-order chi connectivity index (χ0) is 15.4. The van der Waals surface area contributed by atoms with Crippen molar-refractivity contribution in [2.75, 3.05) is 7.05 Å². The van der Waals surface area contributed by atoms with Crippen molar-refractivity contribution < 1.29 is 9.13 Å². The molecular weight excluding hydrogens is 271 g/mol. The van der Waals surface area contributed by atoms with Gasteiger partial charge >= 0.3 is 0 Å². The molecule has 2 rings (SSSR count). The molecule has 1 aromatic heterocycles. The van der Waals surface area contributed by atoms with Crippen molar-refractivity contribution in [3.05, 3.63) is 41.7 Å². The van der Waals surface area contributed by atoms with Gasteiger partial charge in [0, 0.05) is 17.6 Å². The van der Waals surface area contributed by atoms with Gasteiger partial charge in [-0.3, -0.25) is 0 Å². The van der Waals surface area contributed by atoms with E-state index in [0.717, 1.165) is 11.4 Å². The minimum Gasteiger partial charge on any atom is -0.485 e. The molecule has 1 N–H and O–H groups in total. The lowest BCUT2D eigenvalue weighted by Crippen LogP contribution is -2.15. The molecule has 2 aromatic rings. The number of halogens is 1. The number of benzene rings is 1. The van der Waals surface area contributed by atoms with Crippen molar-refractivity contribution in [1.82, 2.24) is 20.1 Å². The maximum Gasteiger partial charge on any atom is 0.165 e. The molecule has 0 aliphatic carbocycles. The van der Waals surface area contributed by atoms with Crippen LogP contribution in [0.2, 0.25) is 0 Å². The van der Waals surface area contributed by atoms with Crippen molar-refractivity contribution >= 4 is 0 Å². The summed E-state index contributed by atoms with van der Waals surface area (Å²) in [6.07, 6.45) is 1.51. The predicted octanol–water partition coefficient (Wildman–Crippen LogP) is 2.86. The zero-order valence-electron chi connectivity index (χ0n) is 12.8. The highest BCUT2D eigenvalue weighted by molar-refractivity contribution is 5.36. The summed E-state index contributed by atoms with van der Waals surface area (Å²) in [7, 11) is 1.83. The fourth-order valence-electron chi connectivity index (χ4n) is 2.10. The summed E-state index contributed by atoms with van der Waals surface area (Å²) >= 11 is 0. The molecule has 0 spiro atoms. The Morgan fingerprint density at radius 1 is 1.33 bits per heavy atom.